The molecule has 1 N–H and O–H groups in total. The largest absolute Gasteiger partial charge is 0.283 e. The SMILES string of the molecule is Cc1nc(-c2ccc(NS(=O)(=O)C3CC3)cc2)cs1. The molecule has 0 aliphatic heterocycles. The lowest BCUT2D eigenvalue weighted by Gasteiger charge is -2.07. The number of hydrogen-bond acceptors (Lipinski definition) is 4. The van der Waals surface area contributed by atoms with Crippen LogP contribution in [0, 0.1) is 6.92 Å². The molecule has 1 aliphatic rings. The van der Waals surface area contributed by atoms with Crippen LogP contribution in [-0.4, -0.2) is 18.7 Å². The second-order valence-electron chi connectivity index (χ2n) is 4.68. The smallest absolute Gasteiger partial charge is 0.235 e. The third kappa shape index (κ3) is 2.79. The molecular formula is C13H14N2O2S2. The summed E-state index contributed by atoms with van der Waals surface area (Å²) in [4.78, 5) is 4.40. The molecule has 0 atom stereocenters. The van der Waals surface area contributed by atoms with Crippen LogP contribution < -0.4 is 4.72 Å². The second kappa shape index (κ2) is 4.61. The van der Waals surface area contributed by atoms with Gasteiger partial charge in [-0.25, -0.2) is 13.4 Å². The van der Waals surface area contributed by atoms with Crippen LogP contribution in [0.3, 0.4) is 0 Å². The van der Waals surface area contributed by atoms with E-state index in [9.17, 15) is 8.42 Å². The average molecular weight is 294 g/mol. The quantitative estimate of drug-likeness (QED) is 0.943. The van der Waals surface area contributed by atoms with Gasteiger partial charge in [0.1, 0.15) is 0 Å². The molecular weight excluding hydrogens is 280 g/mol. The highest BCUT2D eigenvalue weighted by Crippen LogP contribution is 2.30. The number of benzene rings is 1. The van der Waals surface area contributed by atoms with Gasteiger partial charge in [-0.3, -0.25) is 4.72 Å². The Morgan fingerprint density at radius 3 is 2.47 bits per heavy atom. The van der Waals surface area contributed by atoms with Crippen molar-refractivity contribution in [2.75, 3.05) is 4.72 Å². The van der Waals surface area contributed by atoms with Gasteiger partial charge in [-0.05, 0) is 31.9 Å². The van der Waals surface area contributed by atoms with E-state index in [1.54, 1.807) is 23.5 Å². The summed E-state index contributed by atoms with van der Waals surface area (Å²) < 4.78 is 26.2. The molecule has 0 bridgehead atoms. The molecule has 1 heterocycles. The topological polar surface area (TPSA) is 59.1 Å². The molecule has 0 radical (unpaired) electrons. The van der Waals surface area contributed by atoms with Gasteiger partial charge >= 0.3 is 0 Å². The van der Waals surface area contributed by atoms with Crippen molar-refractivity contribution in [2.24, 2.45) is 0 Å². The summed E-state index contributed by atoms with van der Waals surface area (Å²) in [5, 5.41) is 2.82. The Balaban J connectivity index is 1.79. The molecule has 1 saturated carbocycles. The lowest BCUT2D eigenvalue weighted by Crippen LogP contribution is -2.17. The molecule has 19 heavy (non-hydrogen) atoms. The van der Waals surface area contributed by atoms with Crippen LogP contribution in [0.4, 0.5) is 5.69 Å². The highest BCUT2D eigenvalue weighted by atomic mass is 32.2. The average Bonchev–Trinajstić information content (AvgIpc) is 3.14. The minimum Gasteiger partial charge on any atom is -0.283 e. The van der Waals surface area contributed by atoms with Crippen LogP contribution in [0.1, 0.15) is 17.8 Å². The van der Waals surface area contributed by atoms with E-state index in [0.29, 0.717) is 5.69 Å². The summed E-state index contributed by atoms with van der Waals surface area (Å²) in [6, 6.07) is 7.34. The molecule has 0 unspecified atom stereocenters. The number of rotatable bonds is 4. The van der Waals surface area contributed by atoms with Gasteiger partial charge in [-0.15, -0.1) is 11.3 Å². The van der Waals surface area contributed by atoms with Crippen molar-refractivity contribution in [1.82, 2.24) is 4.98 Å². The van der Waals surface area contributed by atoms with Gasteiger partial charge in [0.25, 0.3) is 0 Å². The van der Waals surface area contributed by atoms with Crippen molar-refractivity contribution in [3.63, 3.8) is 0 Å². The normalized spacial score (nSPS) is 15.4. The lowest BCUT2D eigenvalue weighted by atomic mass is 10.1. The van der Waals surface area contributed by atoms with Crippen LogP contribution in [0.2, 0.25) is 0 Å². The van der Waals surface area contributed by atoms with Gasteiger partial charge in [-0.2, -0.15) is 0 Å². The van der Waals surface area contributed by atoms with E-state index < -0.39 is 10.0 Å². The molecule has 1 aromatic heterocycles. The van der Waals surface area contributed by atoms with E-state index in [4.69, 9.17) is 0 Å². The van der Waals surface area contributed by atoms with Gasteiger partial charge in [0.15, 0.2) is 0 Å². The molecule has 1 fully saturated rings. The third-order valence-corrected chi connectivity index (χ3v) is 5.67. The Hall–Kier alpha value is -1.40. The predicted molar refractivity (Wildman–Crippen MR) is 77.9 cm³/mol. The number of aryl methyl sites for hydroxylation is 1. The van der Waals surface area contributed by atoms with Gasteiger partial charge in [0, 0.05) is 16.6 Å². The van der Waals surface area contributed by atoms with Crippen molar-refractivity contribution in [3.8, 4) is 11.3 Å². The summed E-state index contributed by atoms with van der Waals surface area (Å²) in [5.41, 5.74) is 2.54. The summed E-state index contributed by atoms with van der Waals surface area (Å²) in [6.45, 7) is 1.96. The molecule has 4 nitrogen and oxygen atoms in total. The molecule has 1 aliphatic carbocycles. The minimum absolute atomic E-state index is 0.201. The molecule has 6 heteroatoms. The van der Waals surface area contributed by atoms with Crippen molar-refractivity contribution in [2.45, 2.75) is 25.0 Å². The monoisotopic (exact) mass is 294 g/mol. The van der Waals surface area contributed by atoms with Gasteiger partial charge in [0.2, 0.25) is 10.0 Å². The first-order valence-corrected chi connectivity index (χ1v) is 8.51. The first-order chi connectivity index (χ1) is 9.04. The fourth-order valence-electron chi connectivity index (χ4n) is 1.83. The van der Waals surface area contributed by atoms with Crippen LogP contribution in [0.25, 0.3) is 11.3 Å². The summed E-state index contributed by atoms with van der Waals surface area (Å²) in [7, 11) is -3.18. The van der Waals surface area contributed by atoms with Crippen molar-refractivity contribution >= 4 is 27.0 Å². The van der Waals surface area contributed by atoms with E-state index in [1.807, 2.05) is 24.4 Å². The van der Waals surface area contributed by atoms with E-state index in [0.717, 1.165) is 29.1 Å². The lowest BCUT2D eigenvalue weighted by molar-refractivity contribution is 0.600. The van der Waals surface area contributed by atoms with E-state index in [1.165, 1.54) is 0 Å². The maximum Gasteiger partial charge on any atom is 0.235 e. The number of nitrogens with one attached hydrogen (secondary N) is 1. The van der Waals surface area contributed by atoms with Gasteiger partial charge in [0.05, 0.1) is 16.0 Å². The fourth-order valence-corrected chi connectivity index (χ4v) is 3.84. The maximum absolute atomic E-state index is 11.8. The van der Waals surface area contributed by atoms with Crippen molar-refractivity contribution < 1.29 is 8.42 Å². The highest BCUT2D eigenvalue weighted by Gasteiger charge is 2.35. The standard InChI is InChI=1S/C13H14N2O2S2/c1-9-14-13(8-18-9)10-2-4-11(5-3-10)15-19(16,17)12-6-7-12/h2-5,8,12,15H,6-7H2,1H3. The Bertz CT molecular complexity index is 686. The summed E-state index contributed by atoms with van der Waals surface area (Å²) in [5.74, 6) is 0. The van der Waals surface area contributed by atoms with E-state index in [2.05, 4.69) is 9.71 Å². The number of nitrogens with zero attached hydrogens (tertiary/aromatic N) is 1. The zero-order valence-electron chi connectivity index (χ0n) is 10.5. The van der Waals surface area contributed by atoms with Gasteiger partial charge < -0.3 is 0 Å². The van der Waals surface area contributed by atoms with Crippen LogP contribution in [0.15, 0.2) is 29.6 Å². The van der Waals surface area contributed by atoms with Crippen LogP contribution in [-0.2, 0) is 10.0 Å². The molecule has 0 saturated heterocycles. The Labute approximate surface area is 116 Å². The predicted octanol–water partition coefficient (Wildman–Crippen LogP) is 3.02. The second-order valence-corrected chi connectivity index (χ2v) is 7.70. The van der Waals surface area contributed by atoms with Crippen LogP contribution in [0.5, 0.6) is 0 Å². The zero-order valence-corrected chi connectivity index (χ0v) is 12.1. The fraction of sp³-hybridized carbons (Fsp3) is 0.308. The molecule has 0 amide bonds. The van der Waals surface area contributed by atoms with Crippen LogP contribution >= 0.6 is 11.3 Å². The number of thiazole rings is 1. The molecule has 2 aromatic rings. The molecule has 100 valence electrons. The molecule has 3 rings (SSSR count). The summed E-state index contributed by atoms with van der Waals surface area (Å²) in [6.07, 6.45) is 1.54. The highest BCUT2D eigenvalue weighted by molar-refractivity contribution is 7.93. The number of aromatic nitrogens is 1. The number of hydrogen-bond donors (Lipinski definition) is 1. The Morgan fingerprint density at radius 1 is 1.26 bits per heavy atom. The van der Waals surface area contributed by atoms with Crippen molar-refractivity contribution in [3.05, 3.63) is 34.7 Å². The van der Waals surface area contributed by atoms with Crippen molar-refractivity contribution in [1.29, 1.82) is 0 Å². The third-order valence-electron chi connectivity index (χ3n) is 3.02. The summed E-state index contributed by atoms with van der Waals surface area (Å²) >= 11 is 1.60. The maximum atomic E-state index is 11.8. The van der Waals surface area contributed by atoms with E-state index >= 15 is 0 Å². The zero-order chi connectivity index (χ0) is 13.5. The minimum atomic E-state index is -3.18. The van der Waals surface area contributed by atoms with E-state index in [-0.39, 0.29) is 5.25 Å². The number of sulfonamides is 1. The van der Waals surface area contributed by atoms with Gasteiger partial charge in [-0.1, -0.05) is 12.1 Å². The Morgan fingerprint density at radius 2 is 1.95 bits per heavy atom. The molecule has 0 spiro atoms. The first-order valence-electron chi connectivity index (χ1n) is 6.09. The Kier molecular flexibility index (Phi) is 3.06. The number of anilines is 1. The molecule has 1 aromatic carbocycles. The first kappa shape index (κ1) is 12.6.